The summed E-state index contributed by atoms with van der Waals surface area (Å²) in [5.41, 5.74) is 1.84. The fourth-order valence-corrected chi connectivity index (χ4v) is 1.96. The van der Waals surface area contributed by atoms with Gasteiger partial charge >= 0.3 is 0 Å². The first kappa shape index (κ1) is 10.9. The number of fused-ring (bicyclic) bond motifs is 1. The number of hydrogen-bond donors (Lipinski definition) is 1. The Balaban J connectivity index is 2.17. The minimum atomic E-state index is -0.506. The quantitative estimate of drug-likeness (QED) is 0.747. The van der Waals surface area contributed by atoms with Gasteiger partial charge in [0.25, 0.3) is 0 Å². The van der Waals surface area contributed by atoms with E-state index in [-0.39, 0.29) is 0 Å². The molecule has 0 saturated heterocycles. The Morgan fingerprint density at radius 3 is 2.89 bits per heavy atom. The molecule has 4 heteroatoms. The van der Waals surface area contributed by atoms with Crippen LogP contribution in [0.15, 0.2) is 48.8 Å². The van der Waals surface area contributed by atoms with Crippen molar-refractivity contribution >= 4 is 10.9 Å². The SMILES string of the molecule is C[C@H](O)c1ccnc(-n2ncc3ccccc32)c1. The Bertz CT molecular complexity index is 688. The van der Waals surface area contributed by atoms with E-state index in [1.807, 2.05) is 36.5 Å². The van der Waals surface area contributed by atoms with Crippen molar-refractivity contribution in [3.05, 3.63) is 54.4 Å². The topological polar surface area (TPSA) is 50.9 Å². The Hall–Kier alpha value is -2.20. The van der Waals surface area contributed by atoms with E-state index in [4.69, 9.17) is 0 Å². The van der Waals surface area contributed by atoms with Crippen molar-refractivity contribution in [1.82, 2.24) is 14.8 Å². The maximum absolute atomic E-state index is 9.60. The fraction of sp³-hybridized carbons (Fsp3) is 0.143. The Labute approximate surface area is 105 Å². The first-order valence-electron chi connectivity index (χ1n) is 5.83. The predicted molar refractivity (Wildman–Crippen MR) is 69.5 cm³/mol. The van der Waals surface area contributed by atoms with Crippen molar-refractivity contribution < 1.29 is 5.11 Å². The zero-order chi connectivity index (χ0) is 12.5. The van der Waals surface area contributed by atoms with E-state index >= 15 is 0 Å². The molecular formula is C14H13N3O. The highest BCUT2D eigenvalue weighted by Gasteiger charge is 2.07. The van der Waals surface area contributed by atoms with E-state index in [1.54, 1.807) is 23.9 Å². The van der Waals surface area contributed by atoms with Crippen molar-refractivity contribution in [2.24, 2.45) is 0 Å². The van der Waals surface area contributed by atoms with E-state index in [1.165, 1.54) is 0 Å². The first-order chi connectivity index (χ1) is 8.75. The summed E-state index contributed by atoms with van der Waals surface area (Å²) in [5, 5.41) is 15.0. The summed E-state index contributed by atoms with van der Waals surface area (Å²) in [4.78, 5) is 4.30. The van der Waals surface area contributed by atoms with Crippen LogP contribution in [-0.4, -0.2) is 19.9 Å². The van der Waals surface area contributed by atoms with Crippen LogP contribution in [0.3, 0.4) is 0 Å². The fourth-order valence-electron chi connectivity index (χ4n) is 1.96. The second-order valence-electron chi connectivity index (χ2n) is 4.24. The van der Waals surface area contributed by atoms with E-state index in [2.05, 4.69) is 10.1 Å². The van der Waals surface area contributed by atoms with E-state index in [9.17, 15) is 5.11 Å². The monoisotopic (exact) mass is 239 g/mol. The Morgan fingerprint density at radius 1 is 1.22 bits per heavy atom. The molecule has 0 aliphatic carbocycles. The van der Waals surface area contributed by atoms with Gasteiger partial charge in [-0.2, -0.15) is 5.10 Å². The summed E-state index contributed by atoms with van der Waals surface area (Å²) in [7, 11) is 0. The van der Waals surface area contributed by atoms with Gasteiger partial charge < -0.3 is 5.11 Å². The normalized spacial score (nSPS) is 12.8. The highest BCUT2D eigenvalue weighted by Crippen LogP contribution is 2.19. The minimum Gasteiger partial charge on any atom is -0.389 e. The molecule has 0 bridgehead atoms. The number of nitrogens with zero attached hydrogens (tertiary/aromatic N) is 3. The van der Waals surface area contributed by atoms with Crippen LogP contribution in [-0.2, 0) is 0 Å². The van der Waals surface area contributed by atoms with E-state index in [0.717, 1.165) is 22.3 Å². The number of aromatic nitrogens is 3. The summed E-state index contributed by atoms with van der Waals surface area (Å²) < 4.78 is 1.78. The first-order valence-corrected chi connectivity index (χ1v) is 5.83. The molecule has 0 aliphatic heterocycles. The lowest BCUT2D eigenvalue weighted by Gasteiger charge is -2.07. The van der Waals surface area contributed by atoms with Crippen LogP contribution in [0.1, 0.15) is 18.6 Å². The standard InChI is InChI=1S/C14H13N3O/c1-10(18)11-6-7-15-14(8-11)17-13-5-3-2-4-12(13)9-16-17/h2-10,18H,1H3/t10-/m0/s1. The molecule has 90 valence electrons. The number of pyridine rings is 1. The van der Waals surface area contributed by atoms with Crippen molar-refractivity contribution in [3.63, 3.8) is 0 Å². The molecule has 0 amide bonds. The average molecular weight is 239 g/mol. The molecule has 1 aromatic carbocycles. The predicted octanol–water partition coefficient (Wildman–Crippen LogP) is 2.47. The van der Waals surface area contributed by atoms with Gasteiger partial charge in [0.05, 0.1) is 17.8 Å². The van der Waals surface area contributed by atoms with Gasteiger partial charge in [-0.25, -0.2) is 9.67 Å². The second kappa shape index (κ2) is 4.23. The number of para-hydroxylation sites is 1. The molecule has 0 radical (unpaired) electrons. The van der Waals surface area contributed by atoms with Gasteiger partial charge in [-0.3, -0.25) is 0 Å². The third-order valence-corrected chi connectivity index (χ3v) is 2.95. The molecule has 3 aromatic rings. The average Bonchev–Trinajstić information content (AvgIpc) is 2.82. The molecule has 4 nitrogen and oxygen atoms in total. The summed E-state index contributed by atoms with van der Waals surface area (Å²) >= 11 is 0. The van der Waals surface area contributed by atoms with Gasteiger partial charge in [0.2, 0.25) is 0 Å². The van der Waals surface area contributed by atoms with Crippen LogP contribution in [0.4, 0.5) is 0 Å². The van der Waals surface area contributed by atoms with Crippen molar-refractivity contribution in [1.29, 1.82) is 0 Å². The van der Waals surface area contributed by atoms with Gasteiger partial charge in [0, 0.05) is 11.6 Å². The second-order valence-corrected chi connectivity index (χ2v) is 4.24. The minimum absolute atomic E-state index is 0.506. The van der Waals surface area contributed by atoms with Crippen LogP contribution >= 0.6 is 0 Å². The number of aliphatic hydroxyl groups excluding tert-OH is 1. The third kappa shape index (κ3) is 1.76. The van der Waals surface area contributed by atoms with Crippen LogP contribution in [0.5, 0.6) is 0 Å². The van der Waals surface area contributed by atoms with Gasteiger partial charge in [-0.15, -0.1) is 0 Å². The molecular weight excluding hydrogens is 226 g/mol. The van der Waals surface area contributed by atoms with E-state index < -0.39 is 6.10 Å². The summed E-state index contributed by atoms with van der Waals surface area (Å²) in [6, 6.07) is 11.6. The molecule has 0 aliphatic rings. The molecule has 0 fully saturated rings. The van der Waals surface area contributed by atoms with E-state index in [0.29, 0.717) is 0 Å². The zero-order valence-electron chi connectivity index (χ0n) is 9.99. The van der Waals surface area contributed by atoms with Crippen LogP contribution in [0.25, 0.3) is 16.7 Å². The molecule has 0 spiro atoms. The highest BCUT2D eigenvalue weighted by atomic mass is 16.3. The van der Waals surface area contributed by atoms with Gasteiger partial charge in [-0.05, 0) is 30.7 Å². The molecule has 1 atom stereocenters. The lowest BCUT2D eigenvalue weighted by Crippen LogP contribution is -2.01. The smallest absolute Gasteiger partial charge is 0.154 e. The molecule has 0 saturated carbocycles. The molecule has 0 unspecified atom stereocenters. The number of benzene rings is 1. The maximum Gasteiger partial charge on any atom is 0.154 e. The van der Waals surface area contributed by atoms with Crippen molar-refractivity contribution in [3.8, 4) is 5.82 Å². The zero-order valence-corrected chi connectivity index (χ0v) is 9.99. The number of aliphatic hydroxyl groups is 1. The lowest BCUT2D eigenvalue weighted by atomic mass is 10.2. The maximum atomic E-state index is 9.60. The lowest BCUT2D eigenvalue weighted by molar-refractivity contribution is 0.199. The highest BCUT2D eigenvalue weighted by molar-refractivity contribution is 5.79. The number of hydrogen-bond acceptors (Lipinski definition) is 3. The summed E-state index contributed by atoms with van der Waals surface area (Å²) in [6.07, 6.45) is 2.99. The third-order valence-electron chi connectivity index (χ3n) is 2.95. The van der Waals surface area contributed by atoms with Crippen LogP contribution < -0.4 is 0 Å². The van der Waals surface area contributed by atoms with Crippen LogP contribution in [0, 0.1) is 0 Å². The Morgan fingerprint density at radius 2 is 2.06 bits per heavy atom. The summed E-state index contributed by atoms with van der Waals surface area (Å²) in [5.74, 6) is 0.717. The molecule has 2 aromatic heterocycles. The van der Waals surface area contributed by atoms with Crippen molar-refractivity contribution in [2.75, 3.05) is 0 Å². The van der Waals surface area contributed by atoms with Gasteiger partial charge in [0.15, 0.2) is 5.82 Å². The largest absolute Gasteiger partial charge is 0.389 e. The Kier molecular flexibility index (Phi) is 2.57. The molecule has 18 heavy (non-hydrogen) atoms. The molecule has 2 heterocycles. The molecule has 3 rings (SSSR count). The van der Waals surface area contributed by atoms with Gasteiger partial charge in [-0.1, -0.05) is 18.2 Å². The van der Waals surface area contributed by atoms with Crippen molar-refractivity contribution in [2.45, 2.75) is 13.0 Å². The van der Waals surface area contributed by atoms with Gasteiger partial charge in [0.1, 0.15) is 0 Å². The molecule has 1 N–H and O–H groups in total. The van der Waals surface area contributed by atoms with Crippen LogP contribution in [0.2, 0.25) is 0 Å². The summed E-state index contributed by atoms with van der Waals surface area (Å²) in [6.45, 7) is 1.74. The number of rotatable bonds is 2.